The SMILES string of the molecule is O=S(=O)(c1ccccc1C(F)(F)F)n1cc(C(F)F)c2c(C3CCNCC3)cccc21. The normalized spacial score (nSPS) is 16.3. The van der Waals surface area contributed by atoms with Crippen molar-refractivity contribution in [1.29, 1.82) is 0 Å². The minimum Gasteiger partial charge on any atom is -0.317 e. The Hall–Kier alpha value is -2.46. The van der Waals surface area contributed by atoms with Gasteiger partial charge in [-0.1, -0.05) is 24.3 Å². The van der Waals surface area contributed by atoms with Crippen LogP contribution in [0.3, 0.4) is 0 Å². The van der Waals surface area contributed by atoms with Gasteiger partial charge >= 0.3 is 6.18 Å². The highest BCUT2D eigenvalue weighted by Crippen LogP contribution is 2.40. The highest BCUT2D eigenvalue weighted by atomic mass is 32.2. The molecule has 0 radical (unpaired) electrons. The van der Waals surface area contributed by atoms with Crippen molar-refractivity contribution in [3.05, 3.63) is 65.4 Å². The van der Waals surface area contributed by atoms with E-state index in [-0.39, 0.29) is 16.8 Å². The smallest absolute Gasteiger partial charge is 0.317 e. The first kappa shape index (κ1) is 21.8. The van der Waals surface area contributed by atoms with E-state index in [1.54, 1.807) is 12.1 Å². The fourth-order valence-corrected chi connectivity index (χ4v) is 5.77. The lowest BCUT2D eigenvalue weighted by Crippen LogP contribution is -2.26. The van der Waals surface area contributed by atoms with Crippen molar-refractivity contribution in [2.45, 2.75) is 36.3 Å². The van der Waals surface area contributed by atoms with Crippen molar-refractivity contribution in [1.82, 2.24) is 9.29 Å². The Balaban J connectivity index is 1.98. The molecule has 4 rings (SSSR count). The van der Waals surface area contributed by atoms with Gasteiger partial charge in [-0.25, -0.2) is 21.2 Å². The predicted octanol–water partition coefficient (Wildman–Crippen LogP) is 5.30. The summed E-state index contributed by atoms with van der Waals surface area (Å²) in [4.78, 5) is -0.979. The van der Waals surface area contributed by atoms with Gasteiger partial charge in [-0.05, 0) is 55.6 Å². The molecular formula is C21H19F5N2O2S. The number of nitrogens with one attached hydrogen (secondary N) is 1. The van der Waals surface area contributed by atoms with E-state index in [0.717, 1.165) is 18.3 Å². The lowest BCUT2D eigenvalue weighted by atomic mass is 9.87. The van der Waals surface area contributed by atoms with E-state index in [0.29, 0.717) is 41.5 Å². The highest BCUT2D eigenvalue weighted by molar-refractivity contribution is 7.90. The Morgan fingerprint density at radius 2 is 1.68 bits per heavy atom. The van der Waals surface area contributed by atoms with Crippen LogP contribution in [0.5, 0.6) is 0 Å². The molecular weight excluding hydrogens is 439 g/mol. The molecule has 0 spiro atoms. The summed E-state index contributed by atoms with van der Waals surface area (Å²) in [5, 5.41) is 3.28. The van der Waals surface area contributed by atoms with Gasteiger partial charge in [-0.2, -0.15) is 13.2 Å². The molecule has 0 saturated carbocycles. The number of alkyl halides is 5. The number of fused-ring (bicyclic) bond motifs is 1. The Bertz CT molecular complexity index is 1210. The molecule has 2 aromatic carbocycles. The molecule has 1 aliphatic heterocycles. The number of benzene rings is 2. The monoisotopic (exact) mass is 458 g/mol. The number of hydrogen-bond acceptors (Lipinski definition) is 3. The van der Waals surface area contributed by atoms with Crippen molar-refractivity contribution in [3.8, 4) is 0 Å². The average Bonchev–Trinajstić information content (AvgIpc) is 3.15. The van der Waals surface area contributed by atoms with Crippen LogP contribution in [-0.2, 0) is 16.2 Å². The summed E-state index contributed by atoms with van der Waals surface area (Å²) in [5.41, 5.74) is -1.31. The number of nitrogens with zero attached hydrogens (tertiary/aromatic N) is 1. The number of aromatic nitrogens is 1. The lowest BCUT2D eigenvalue weighted by molar-refractivity contribution is -0.139. The Morgan fingerprint density at radius 1 is 1.00 bits per heavy atom. The van der Waals surface area contributed by atoms with E-state index < -0.39 is 38.6 Å². The van der Waals surface area contributed by atoms with E-state index in [2.05, 4.69) is 5.32 Å². The first-order valence-corrected chi connectivity index (χ1v) is 11.1. The van der Waals surface area contributed by atoms with Gasteiger partial charge in [0.25, 0.3) is 16.4 Å². The van der Waals surface area contributed by atoms with E-state index in [9.17, 15) is 30.4 Å². The molecule has 31 heavy (non-hydrogen) atoms. The molecule has 1 fully saturated rings. The second-order valence-corrected chi connectivity index (χ2v) is 9.23. The molecule has 3 aromatic rings. The molecule has 10 heteroatoms. The van der Waals surface area contributed by atoms with Crippen molar-refractivity contribution in [2.24, 2.45) is 0 Å². The van der Waals surface area contributed by atoms with Crippen molar-refractivity contribution in [3.63, 3.8) is 0 Å². The van der Waals surface area contributed by atoms with E-state index >= 15 is 0 Å². The molecule has 2 heterocycles. The third kappa shape index (κ3) is 3.82. The summed E-state index contributed by atoms with van der Waals surface area (Å²) < 4.78 is 95.2. The first-order chi connectivity index (χ1) is 14.6. The predicted molar refractivity (Wildman–Crippen MR) is 106 cm³/mol. The molecule has 4 nitrogen and oxygen atoms in total. The van der Waals surface area contributed by atoms with Gasteiger partial charge in [-0.3, -0.25) is 0 Å². The summed E-state index contributed by atoms with van der Waals surface area (Å²) in [6.45, 7) is 1.39. The van der Waals surface area contributed by atoms with Gasteiger partial charge in [0.15, 0.2) is 0 Å². The molecule has 0 unspecified atom stereocenters. The minimum absolute atomic E-state index is 0.0523. The maximum atomic E-state index is 13.9. The molecule has 0 amide bonds. The topological polar surface area (TPSA) is 51.1 Å². The summed E-state index contributed by atoms with van der Waals surface area (Å²) in [7, 11) is -4.79. The summed E-state index contributed by atoms with van der Waals surface area (Å²) in [6.07, 6.45) is -5.77. The quantitative estimate of drug-likeness (QED) is 0.540. The van der Waals surface area contributed by atoms with Crippen LogP contribution in [0.2, 0.25) is 0 Å². The third-order valence-corrected chi connectivity index (χ3v) is 7.33. The van der Waals surface area contributed by atoms with Crippen LogP contribution >= 0.6 is 0 Å². The Morgan fingerprint density at radius 3 is 2.32 bits per heavy atom. The molecule has 1 saturated heterocycles. The van der Waals surface area contributed by atoms with Crippen LogP contribution in [0.15, 0.2) is 53.6 Å². The van der Waals surface area contributed by atoms with Crippen LogP contribution in [0.1, 0.15) is 41.9 Å². The van der Waals surface area contributed by atoms with Crippen LogP contribution in [0, 0.1) is 0 Å². The van der Waals surface area contributed by atoms with E-state index in [4.69, 9.17) is 0 Å². The number of rotatable bonds is 4. The fourth-order valence-electron chi connectivity index (χ4n) is 4.19. The van der Waals surface area contributed by atoms with Crippen LogP contribution < -0.4 is 5.32 Å². The van der Waals surface area contributed by atoms with Crippen molar-refractivity contribution >= 4 is 20.9 Å². The Labute approximate surface area is 175 Å². The standard InChI is InChI=1S/C21H19F5N2O2S/c22-20(23)15-12-28(31(29,30)18-7-2-1-5-16(18)21(24,25)26)17-6-3-4-14(19(15)17)13-8-10-27-11-9-13/h1-7,12-13,20,27H,8-11H2. The zero-order chi connectivity index (χ0) is 22.4. The molecule has 1 N–H and O–H groups in total. The van der Waals surface area contributed by atoms with Crippen LogP contribution in [-0.4, -0.2) is 25.5 Å². The third-order valence-electron chi connectivity index (χ3n) is 5.60. The molecule has 0 aliphatic carbocycles. The summed E-state index contributed by atoms with van der Waals surface area (Å²) in [6, 6.07) is 8.33. The van der Waals surface area contributed by atoms with Gasteiger partial charge < -0.3 is 5.32 Å². The van der Waals surface area contributed by atoms with Crippen LogP contribution in [0.25, 0.3) is 10.9 Å². The molecule has 1 aromatic heterocycles. The second-order valence-electron chi connectivity index (χ2n) is 7.45. The Kier molecular flexibility index (Phi) is 5.55. The fraction of sp³-hybridized carbons (Fsp3) is 0.333. The molecule has 166 valence electrons. The van der Waals surface area contributed by atoms with Gasteiger partial charge in [0.05, 0.1) is 11.1 Å². The highest BCUT2D eigenvalue weighted by Gasteiger charge is 2.38. The second kappa shape index (κ2) is 7.90. The van der Waals surface area contributed by atoms with Gasteiger partial charge in [0.2, 0.25) is 0 Å². The summed E-state index contributed by atoms with van der Waals surface area (Å²) in [5.74, 6) is -0.0523. The molecule has 0 atom stereocenters. The number of piperidine rings is 1. The van der Waals surface area contributed by atoms with E-state index in [1.165, 1.54) is 12.1 Å². The van der Waals surface area contributed by atoms with E-state index in [1.807, 2.05) is 0 Å². The van der Waals surface area contributed by atoms with Crippen molar-refractivity contribution < 1.29 is 30.4 Å². The molecule has 0 bridgehead atoms. The van der Waals surface area contributed by atoms with Gasteiger partial charge in [-0.15, -0.1) is 0 Å². The molecule has 1 aliphatic rings. The number of hydrogen-bond donors (Lipinski definition) is 1. The lowest BCUT2D eigenvalue weighted by Gasteiger charge is -2.24. The maximum absolute atomic E-state index is 13.9. The van der Waals surface area contributed by atoms with Gasteiger partial charge in [0.1, 0.15) is 4.90 Å². The average molecular weight is 458 g/mol. The zero-order valence-electron chi connectivity index (χ0n) is 16.2. The maximum Gasteiger partial charge on any atom is 0.417 e. The first-order valence-electron chi connectivity index (χ1n) is 9.67. The van der Waals surface area contributed by atoms with Gasteiger partial charge in [0, 0.05) is 17.1 Å². The summed E-state index contributed by atoms with van der Waals surface area (Å²) >= 11 is 0. The van der Waals surface area contributed by atoms with Crippen LogP contribution in [0.4, 0.5) is 22.0 Å². The number of halogens is 5. The zero-order valence-corrected chi connectivity index (χ0v) is 17.0. The largest absolute Gasteiger partial charge is 0.417 e. The van der Waals surface area contributed by atoms with Crippen molar-refractivity contribution in [2.75, 3.05) is 13.1 Å². The minimum atomic E-state index is -4.92.